The number of carbonyl (C=O) groups is 3. The molecule has 0 atom stereocenters. The van der Waals surface area contributed by atoms with E-state index in [0.29, 0.717) is 38.8 Å². The molecule has 1 aromatic carbocycles. The molecule has 8 heteroatoms. The van der Waals surface area contributed by atoms with Gasteiger partial charge in [-0.15, -0.1) is 0 Å². The molecule has 0 aliphatic carbocycles. The number of hydrogen-bond acceptors (Lipinski definition) is 4. The SMILES string of the molecule is CCCN1CCC2(CC1)NC(=O)N(C1CCN(C(=O)Cc3ccc(F)cc3)CC1)C2=O. The maximum absolute atomic E-state index is 13.3. The lowest BCUT2D eigenvalue weighted by Gasteiger charge is -2.38. The van der Waals surface area contributed by atoms with E-state index in [4.69, 9.17) is 0 Å². The highest BCUT2D eigenvalue weighted by Crippen LogP contribution is 2.32. The number of nitrogens with one attached hydrogen (secondary N) is 1. The standard InChI is InChI=1S/C23H31FN4O3/c1-2-11-26-14-9-23(10-15-26)21(30)28(22(31)25-23)19-7-12-27(13-8-19)20(29)16-17-3-5-18(24)6-4-17/h3-6,19H,2,7-16H2,1H3,(H,25,31). The first-order valence-electron chi connectivity index (χ1n) is 11.3. The van der Waals surface area contributed by atoms with Gasteiger partial charge in [-0.3, -0.25) is 14.5 Å². The number of rotatable bonds is 5. The molecule has 3 heterocycles. The van der Waals surface area contributed by atoms with Gasteiger partial charge in [0.15, 0.2) is 0 Å². The summed E-state index contributed by atoms with van der Waals surface area (Å²) in [5.74, 6) is -0.425. The van der Waals surface area contributed by atoms with Crippen LogP contribution in [0.1, 0.15) is 44.6 Å². The van der Waals surface area contributed by atoms with Crippen molar-refractivity contribution in [3.05, 3.63) is 35.6 Å². The molecule has 0 aromatic heterocycles. The van der Waals surface area contributed by atoms with E-state index < -0.39 is 5.54 Å². The van der Waals surface area contributed by atoms with Gasteiger partial charge in [0.2, 0.25) is 5.91 Å². The van der Waals surface area contributed by atoms with E-state index in [0.717, 1.165) is 31.6 Å². The molecular weight excluding hydrogens is 399 g/mol. The molecule has 3 aliphatic rings. The largest absolute Gasteiger partial charge is 0.342 e. The van der Waals surface area contributed by atoms with Crippen LogP contribution in [0, 0.1) is 5.82 Å². The Kier molecular flexibility index (Phi) is 6.27. The lowest BCUT2D eigenvalue weighted by atomic mass is 9.87. The third-order valence-corrected chi connectivity index (χ3v) is 6.89. The van der Waals surface area contributed by atoms with Gasteiger partial charge in [0, 0.05) is 32.2 Å². The zero-order chi connectivity index (χ0) is 22.0. The van der Waals surface area contributed by atoms with Crippen molar-refractivity contribution in [1.29, 1.82) is 0 Å². The minimum absolute atomic E-state index is 0.0120. The minimum Gasteiger partial charge on any atom is -0.342 e. The summed E-state index contributed by atoms with van der Waals surface area (Å²) in [6.45, 7) is 5.84. The zero-order valence-corrected chi connectivity index (χ0v) is 18.1. The lowest BCUT2D eigenvalue weighted by molar-refractivity contribution is -0.136. The van der Waals surface area contributed by atoms with E-state index in [1.165, 1.54) is 17.0 Å². The number of imide groups is 1. The number of urea groups is 1. The van der Waals surface area contributed by atoms with Crippen LogP contribution in [0.3, 0.4) is 0 Å². The van der Waals surface area contributed by atoms with Crippen LogP contribution in [0.4, 0.5) is 9.18 Å². The summed E-state index contributed by atoms with van der Waals surface area (Å²) in [6.07, 6.45) is 3.80. The molecule has 3 aliphatic heterocycles. The molecule has 1 N–H and O–H groups in total. The quantitative estimate of drug-likeness (QED) is 0.727. The van der Waals surface area contributed by atoms with Gasteiger partial charge in [-0.1, -0.05) is 19.1 Å². The average Bonchev–Trinajstić information content (AvgIpc) is 3.01. The third kappa shape index (κ3) is 4.44. The predicted molar refractivity (Wildman–Crippen MR) is 114 cm³/mol. The summed E-state index contributed by atoms with van der Waals surface area (Å²) in [5, 5.41) is 3.00. The molecule has 4 rings (SSSR count). The Morgan fingerprint density at radius 1 is 1.10 bits per heavy atom. The Morgan fingerprint density at radius 2 is 1.74 bits per heavy atom. The number of hydrogen-bond donors (Lipinski definition) is 1. The van der Waals surface area contributed by atoms with Crippen molar-refractivity contribution in [2.75, 3.05) is 32.7 Å². The number of halogens is 1. The lowest BCUT2D eigenvalue weighted by Crippen LogP contribution is -2.55. The van der Waals surface area contributed by atoms with Gasteiger partial charge in [-0.05, 0) is 56.3 Å². The smallest absolute Gasteiger partial charge is 0.325 e. The fourth-order valence-electron chi connectivity index (χ4n) is 5.05. The molecule has 0 unspecified atom stereocenters. The van der Waals surface area contributed by atoms with E-state index in [1.54, 1.807) is 17.0 Å². The molecular formula is C23H31FN4O3. The van der Waals surface area contributed by atoms with Gasteiger partial charge in [-0.2, -0.15) is 0 Å². The highest BCUT2D eigenvalue weighted by atomic mass is 19.1. The molecule has 1 spiro atoms. The van der Waals surface area contributed by atoms with E-state index in [2.05, 4.69) is 17.1 Å². The summed E-state index contributed by atoms with van der Waals surface area (Å²) in [6, 6.07) is 5.50. The maximum Gasteiger partial charge on any atom is 0.325 e. The summed E-state index contributed by atoms with van der Waals surface area (Å²) >= 11 is 0. The van der Waals surface area contributed by atoms with E-state index in [9.17, 15) is 18.8 Å². The Morgan fingerprint density at radius 3 is 2.35 bits per heavy atom. The van der Waals surface area contributed by atoms with E-state index >= 15 is 0 Å². The third-order valence-electron chi connectivity index (χ3n) is 6.89. The molecule has 0 bridgehead atoms. The summed E-state index contributed by atoms with van der Waals surface area (Å²) < 4.78 is 13.1. The van der Waals surface area contributed by atoms with Crippen molar-refractivity contribution in [1.82, 2.24) is 20.0 Å². The monoisotopic (exact) mass is 430 g/mol. The Balaban J connectivity index is 1.32. The molecule has 3 fully saturated rings. The topological polar surface area (TPSA) is 73.0 Å². The normalized spacial score (nSPS) is 22.3. The number of likely N-dealkylation sites (tertiary alicyclic amines) is 2. The van der Waals surface area contributed by atoms with Crippen molar-refractivity contribution in [2.24, 2.45) is 0 Å². The van der Waals surface area contributed by atoms with Crippen LogP contribution >= 0.6 is 0 Å². The second-order valence-corrected chi connectivity index (χ2v) is 8.94. The van der Waals surface area contributed by atoms with Crippen molar-refractivity contribution < 1.29 is 18.8 Å². The Labute approximate surface area is 182 Å². The fraction of sp³-hybridized carbons (Fsp3) is 0.609. The summed E-state index contributed by atoms with van der Waals surface area (Å²) in [7, 11) is 0. The first kappa shape index (κ1) is 21.7. The first-order valence-corrected chi connectivity index (χ1v) is 11.3. The number of piperidine rings is 2. The molecule has 0 saturated carbocycles. The maximum atomic E-state index is 13.3. The molecule has 0 radical (unpaired) electrons. The molecule has 31 heavy (non-hydrogen) atoms. The Bertz CT molecular complexity index is 828. The van der Waals surface area contributed by atoms with Gasteiger partial charge < -0.3 is 15.1 Å². The second-order valence-electron chi connectivity index (χ2n) is 8.94. The highest BCUT2D eigenvalue weighted by Gasteiger charge is 2.54. The van der Waals surface area contributed by atoms with Gasteiger partial charge in [0.25, 0.3) is 5.91 Å². The number of carbonyl (C=O) groups excluding carboxylic acids is 3. The van der Waals surface area contributed by atoms with Crippen molar-refractivity contribution in [3.8, 4) is 0 Å². The molecule has 4 amide bonds. The van der Waals surface area contributed by atoms with Crippen molar-refractivity contribution in [3.63, 3.8) is 0 Å². The van der Waals surface area contributed by atoms with Crippen LogP contribution in [-0.2, 0) is 16.0 Å². The van der Waals surface area contributed by atoms with Crippen LogP contribution in [-0.4, -0.2) is 76.8 Å². The van der Waals surface area contributed by atoms with Crippen molar-refractivity contribution >= 4 is 17.8 Å². The fourth-order valence-corrected chi connectivity index (χ4v) is 5.05. The molecule has 1 aromatic rings. The first-order chi connectivity index (χ1) is 14.9. The summed E-state index contributed by atoms with van der Waals surface area (Å²) in [5.41, 5.74) is 0.0237. The second kappa shape index (κ2) is 8.94. The van der Waals surface area contributed by atoms with Crippen LogP contribution in [0.15, 0.2) is 24.3 Å². The molecule has 3 saturated heterocycles. The van der Waals surface area contributed by atoms with Crippen molar-refractivity contribution in [2.45, 2.75) is 57.0 Å². The number of nitrogens with zero attached hydrogens (tertiary/aromatic N) is 3. The summed E-state index contributed by atoms with van der Waals surface area (Å²) in [4.78, 5) is 44.1. The van der Waals surface area contributed by atoms with Gasteiger partial charge in [0.05, 0.1) is 6.42 Å². The van der Waals surface area contributed by atoms with Gasteiger partial charge >= 0.3 is 6.03 Å². The molecule has 168 valence electrons. The zero-order valence-electron chi connectivity index (χ0n) is 18.1. The van der Waals surface area contributed by atoms with E-state index in [-0.39, 0.29) is 36.1 Å². The van der Waals surface area contributed by atoms with Crippen LogP contribution in [0.25, 0.3) is 0 Å². The van der Waals surface area contributed by atoms with E-state index in [1.807, 2.05) is 0 Å². The average molecular weight is 431 g/mol. The minimum atomic E-state index is -0.753. The van der Waals surface area contributed by atoms with Crippen LogP contribution in [0.2, 0.25) is 0 Å². The predicted octanol–water partition coefficient (Wildman–Crippen LogP) is 2.16. The number of amides is 4. The van der Waals surface area contributed by atoms with Gasteiger partial charge in [0.1, 0.15) is 11.4 Å². The highest BCUT2D eigenvalue weighted by molar-refractivity contribution is 6.07. The Hall–Kier alpha value is -2.48. The van der Waals surface area contributed by atoms with Crippen LogP contribution < -0.4 is 5.32 Å². The van der Waals surface area contributed by atoms with Crippen LogP contribution in [0.5, 0.6) is 0 Å². The number of benzene rings is 1. The molecule has 7 nitrogen and oxygen atoms in total. The van der Waals surface area contributed by atoms with Gasteiger partial charge in [-0.25, -0.2) is 9.18 Å².